The Morgan fingerprint density at radius 2 is 1.85 bits per heavy atom. The van der Waals surface area contributed by atoms with Crippen LogP contribution in [0.4, 0.5) is 19.7 Å². The lowest BCUT2D eigenvalue weighted by molar-refractivity contribution is 0.0635. The van der Waals surface area contributed by atoms with Crippen molar-refractivity contribution in [3.63, 3.8) is 0 Å². The monoisotopic (exact) mass is 371 g/mol. The Labute approximate surface area is 154 Å². The predicted octanol–water partition coefficient (Wildman–Crippen LogP) is 4.72. The average molecular weight is 371 g/mol. The number of carbonyl (C=O) groups is 2. The molecule has 27 heavy (non-hydrogen) atoms. The zero-order chi connectivity index (χ0) is 19.8. The Bertz CT molecular complexity index is 1020. The van der Waals surface area contributed by atoms with Gasteiger partial charge in [0.15, 0.2) is 0 Å². The van der Waals surface area contributed by atoms with Crippen molar-refractivity contribution in [2.75, 3.05) is 5.32 Å². The smallest absolute Gasteiger partial charge is 0.432 e. The summed E-state index contributed by atoms with van der Waals surface area (Å²) in [6.07, 6.45) is -2.15. The van der Waals surface area contributed by atoms with Crippen LogP contribution in [0.2, 0.25) is 0 Å². The number of benzene rings is 2. The van der Waals surface area contributed by atoms with Crippen molar-refractivity contribution < 1.29 is 23.8 Å². The van der Waals surface area contributed by atoms with Gasteiger partial charge in [0.05, 0.1) is 11.2 Å². The highest BCUT2D eigenvalue weighted by molar-refractivity contribution is 6.00. The highest BCUT2D eigenvalue weighted by Crippen LogP contribution is 2.32. The topological polar surface area (TPSA) is 93.5 Å². The summed E-state index contributed by atoms with van der Waals surface area (Å²) in [6, 6.07) is 11.3. The Kier molecular flexibility index (Phi) is 4.57. The Morgan fingerprint density at radius 3 is 2.44 bits per heavy atom. The van der Waals surface area contributed by atoms with E-state index in [1.807, 2.05) is 6.07 Å². The Morgan fingerprint density at radius 1 is 1.19 bits per heavy atom. The average Bonchev–Trinajstić information content (AvgIpc) is 2.93. The molecule has 0 saturated carbocycles. The van der Waals surface area contributed by atoms with Gasteiger partial charge in [0.1, 0.15) is 17.1 Å². The van der Waals surface area contributed by atoms with E-state index < -0.39 is 23.6 Å². The molecule has 1 aromatic heterocycles. The summed E-state index contributed by atoms with van der Waals surface area (Å²) < 4.78 is 20.3. The third-order valence-corrected chi connectivity index (χ3v) is 3.63. The molecule has 8 heteroatoms. The van der Waals surface area contributed by atoms with E-state index in [4.69, 9.17) is 4.74 Å². The van der Waals surface area contributed by atoms with Crippen LogP contribution in [-0.4, -0.2) is 32.7 Å². The molecule has 2 N–H and O–H groups in total. The van der Waals surface area contributed by atoms with Crippen LogP contribution in [-0.2, 0) is 4.74 Å². The van der Waals surface area contributed by atoms with E-state index in [0.29, 0.717) is 21.3 Å². The molecule has 2 aromatic carbocycles. The number of amides is 1. The van der Waals surface area contributed by atoms with Gasteiger partial charge in [0, 0.05) is 17.0 Å². The minimum Gasteiger partial charge on any atom is -0.463 e. The second-order valence-electron chi connectivity index (χ2n) is 6.89. The molecule has 0 atom stereocenters. The van der Waals surface area contributed by atoms with E-state index in [0.717, 1.165) is 6.07 Å². The predicted molar refractivity (Wildman–Crippen MR) is 98.4 cm³/mol. The Balaban J connectivity index is 2.12. The molecule has 0 aliphatic rings. The van der Waals surface area contributed by atoms with E-state index in [1.165, 1.54) is 6.07 Å². The molecular formula is C19H18FN3O4. The normalized spacial score (nSPS) is 11.4. The fraction of sp³-hybridized carbons (Fsp3) is 0.211. The zero-order valence-corrected chi connectivity index (χ0v) is 15.0. The Hall–Kier alpha value is -3.42. The number of rotatable bonds is 2. The van der Waals surface area contributed by atoms with Gasteiger partial charge in [-0.25, -0.2) is 14.0 Å². The van der Waals surface area contributed by atoms with Gasteiger partial charge in [-0.1, -0.05) is 30.3 Å². The minimum atomic E-state index is -1.34. The van der Waals surface area contributed by atoms with Gasteiger partial charge < -0.3 is 9.84 Å². The molecule has 0 spiro atoms. The highest BCUT2D eigenvalue weighted by atomic mass is 19.1. The molecule has 0 unspecified atom stereocenters. The van der Waals surface area contributed by atoms with Crippen LogP contribution >= 0.6 is 0 Å². The molecule has 3 rings (SSSR count). The van der Waals surface area contributed by atoms with Crippen LogP contribution in [0.25, 0.3) is 22.2 Å². The lowest BCUT2D eigenvalue weighted by Gasteiger charge is -2.19. The first kappa shape index (κ1) is 18.4. The van der Waals surface area contributed by atoms with Gasteiger partial charge in [-0.05, 0) is 26.8 Å². The number of nitrogens with one attached hydrogen (secondary N) is 1. The van der Waals surface area contributed by atoms with Crippen LogP contribution < -0.4 is 5.32 Å². The molecule has 7 nitrogen and oxygen atoms in total. The maximum atomic E-state index is 14.5. The second kappa shape index (κ2) is 6.71. The fourth-order valence-electron chi connectivity index (χ4n) is 2.60. The fourth-order valence-corrected chi connectivity index (χ4v) is 2.60. The summed E-state index contributed by atoms with van der Waals surface area (Å²) in [5, 5.41) is 16.2. The highest BCUT2D eigenvalue weighted by Gasteiger charge is 2.21. The third-order valence-electron chi connectivity index (χ3n) is 3.63. The number of nitrogens with zero attached hydrogens (tertiary/aromatic N) is 2. The van der Waals surface area contributed by atoms with E-state index in [9.17, 15) is 19.1 Å². The second-order valence-corrected chi connectivity index (χ2v) is 6.89. The summed E-state index contributed by atoms with van der Waals surface area (Å²) in [5.74, 6) is -0.796. The molecule has 0 radical (unpaired) electrons. The number of hydrogen-bond donors (Lipinski definition) is 2. The minimum absolute atomic E-state index is 0.0774. The molecule has 1 heterocycles. The first-order chi connectivity index (χ1) is 12.7. The maximum absolute atomic E-state index is 14.5. The lowest BCUT2D eigenvalue weighted by atomic mass is 10.1. The van der Waals surface area contributed by atoms with Gasteiger partial charge in [-0.2, -0.15) is 9.78 Å². The van der Waals surface area contributed by atoms with Crippen LogP contribution in [0.15, 0.2) is 42.5 Å². The zero-order valence-electron chi connectivity index (χ0n) is 15.0. The number of anilines is 1. The number of carbonyl (C=O) groups excluding carboxylic acids is 1. The van der Waals surface area contributed by atoms with Gasteiger partial charge in [0.2, 0.25) is 0 Å². The van der Waals surface area contributed by atoms with Crippen LogP contribution in [0.3, 0.4) is 0 Å². The van der Waals surface area contributed by atoms with Crippen molar-refractivity contribution in [1.82, 2.24) is 9.78 Å². The summed E-state index contributed by atoms with van der Waals surface area (Å²) >= 11 is 0. The maximum Gasteiger partial charge on any atom is 0.432 e. The van der Waals surface area contributed by atoms with Crippen molar-refractivity contribution >= 4 is 28.8 Å². The SMILES string of the molecule is CC(C)(C)OC(=O)Nc1cc2c(-c3ccccc3)nn(C(=O)O)c2cc1F. The van der Waals surface area contributed by atoms with Crippen molar-refractivity contribution in [2.24, 2.45) is 0 Å². The van der Waals surface area contributed by atoms with Crippen LogP contribution in [0, 0.1) is 5.82 Å². The molecule has 0 aliphatic heterocycles. The van der Waals surface area contributed by atoms with Crippen molar-refractivity contribution in [3.05, 3.63) is 48.3 Å². The standard InChI is InChI=1S/C19H18FN3O4/c1-19(2,3)27-17(24)21-14-9-12-15(10-13(14)20)23(18(25)26)22-16(12)11-7-5-4-6-8-11/h4-10H,1-3H3,(H,21,24)(H,25,26). The molecule has 1 amide bonds. The molecule has 3 aromatic rings. The number of aromatic nitrogens is 2. The van der Waals surface area contributed by atoms with Crippen molar-refractivity contribution in [3.8, 4) is 11.3 Å². The largest absolute Gasteiger partial charge is 0.463 e. The molecular weight excluding hydrogens is 353 g/mol. The summed E-state index contributed by atoms with van der Waals surface area (Å²) in [7, 11) is 0. The van der Waals surface area contributed by atoms with E-state index in [2.05, 4.69) is 10.4 Å². The van der Waals surface area contributed by atoms with Crippen LogP contribution in [0.1, 0.15) is 20.8 Å². The van der Waals surface area contributed by atoms with Gasteiger partial charge >= 0.3 is 12.2 Å². The molecule has 0 saturated heterocycles. The van der Waals surface area contributed by atoms with Gasteiger partial charge in [-0.3, -0.25) is 5.32 Å². The molecule has 140 valence electrons. The quantitative estimate of drug-likeness (QED) is 0.680. The van der Waals surface area contributed by atoms with E-state index in [1.54, 1.807) is 45.0 Å². The summed E-state index contributed by atoms with van der Waals surface area (Å²) in [4.78, 5) is 23.4. The third kappa shape index (κ3) is 3.89. The molecule has 0 aliphatic carbocycles. The first-order valence-electron chi connectivity index (χ1n) is 8.17. The lowest BCUT2D eigenvalue weighted by Crippen LogP contribution is -2.27. The number of hydrogen-bond acceptors (Lipinski definition) is 4. The number of fused-ring (bicyclic) bond motifs is 1. The molecule has 0 bridgehead atoms. The van der Waals surface area contributed by atoms with Crippen LogP contribution in [0.5, 0.6) is 0 Å². The molecule has 0 fully saturated rings. The number of halogens is 1. The van der Waals surface area contributed by atoms with Gasteiger partial charge in [-0.15, -0.1) is 0 Å². The summed E-state index contributed by atoms with van der Waals surface area (Å²) in [6.45, 7) is 5.07. The number of ether oxygens (including phenoxy) is 1. The van der Waals surface area contributed by atoms with E-state index >= 15 is 0 Å². The first-order valence-corrected chi connectivity index (χ1v) is 8.17. The summed E-state index contributed by atoms with van der Waals surface area (Å²) in [5.41, 5.74) is 0.235. The van der Waals surface area contributed by atoms with E-state index in [-0.39, 0.29) is 11.2 Å². The van der Waals surface area contributed by atoms with Crippen molar-refractivity contribution in [2.45, 2.75) is 26.4 Å². The van der Waals surface area contributed by atoms with Crippen molar-refractivity contribution in [1.29, 1.82) is 0 Å². The number of carboxylic acid groups (broad SMARTS) is 1. The van der Waals surface area contributed by atoms with Gasteiger partial charge in [0.25, 0.3) is 0 Å².